The van der Waals surface area contributed by atoms with Crippen LogP contribution in [0.2, 0.25) is 0 Å². The quantitative estimate of drug-likeness (QED) is 0.749. The van der Waals surface area contributed by atoms with Crippen molar-refractivity contribution in [1.29, 1.82) is 0 Å². The van der Waals surface area contributed by atoms with Crippen molar-refractivity contribution in [2.75, 3.05) is 19.3 Å². The second-order valence-corrected chi connectivity index (χ2v) is 7.61. The molecule has 2 aromatic rings. The zero-order valence-electron chi connectivity index (χ0n) is 13.8. The average molecular weight is 346 g/mol. The van der Waals surface area contributed by atoms with E-state index in [0.717, 1.165) is 17.4 Å². The fraction of sp³-hybridized carbons (Fsp3) is 0.278. The van der Waals surface area contributed by atoms with Gasteiger partial charge in [0.05, 0.1) is 11.7 Å². The van der Waals surface area contributed by atoms with Crippen LogP contribution in [0.4, 0.5) is 0 Å². The number of rotatable bonds is 7. The summed E-state index contributed by atoms with van der Waals surface area (Å²) in [5.74, 6) is -0.171. The molecule has 0 atom stereocenters. The topological polar surface area (TPSA) is 75.3 Å². The van der Waals surface area contributed by atoms with Crippen LogP contribution in [0.25, 0.3) is 0 Å². The van der Waals surface area contributed by atoms with Gasteiger partial charge in [-0.05, 0) is 18.1 Å². The second-order valence-electron chi connectivity index (χ2n) is 5.78. The van der Waals surface area contributed by atoms with Crippen LogP contribution in [0, 0.1) is 0 Å². The van der Waals surface area contributed by atoms with E-state index in [-0.39, 0.29) is 19.0 Å². The van der Waals surface area contributed by atoms with Gasteiger partial charge in [0.2, 0.25) is 15.9 Å². The molecule has 5 nitrogen and oxygen atoms in total. The molecule has 128 valence electrons. The Morgan fingerprint density at radius 2 is 1.38 bits per heavy atom. The normalized spacial score (nSPS) is 11.9. The highest BCUT2D eigenvalue weighted by atomic mass is 32.2. The average Bonchev–Trinajstić information content (AvgIpc) is 2.58. The summed E-state index contributed by atoms with van der Waals surface area (Å²) < 4.78 is 24.5. The van der Waals surface area contributed by atoms with Crippen LogP contribution in [0.5, 0.6) is 0 Å². The lowest BCUT2D eigenvalue weighted by molar-refractivity contribution is -0.124. The van der Waals surface area contributed by atoms with Crippen molar-refractivity contribution in [2.24, 2.45) is 0 Å². The fourth-order valence-electron chi connectivity index (χ4n) is 2.56. The van der Waals surface area contributed by atoms with E-state index in [1.807, 2.05) is 67.6 Å². The highest BCUT2D eigenvalue weighted by molar-refractivity contribution is 7.88. The minimum absolute atomic E-state index is 0.157. The van der Waals surface area contributed by atoms with E-state index in [1.165, 1.54) is 0 Å². The van der Waals surface area contributed by atoms with Gasteiger partial charge in [-0.15, -0.1) is 0 Å². The molecule has 0 aliphatic heterocycles. The number of nitrogens with one attached hydrogen (secondary N) is 2. The lowest BCUT2D eigenvalue weighted by atomic mass is 9.75. The molecule has 2 rings (SSSR count). The molecule has 0 radical (unpaired) electrons. The van der Waals surface area contributed by atoms with Gasteiger partial charge >= 0.3 is 0 Å². The first-order chi connectivity index (χ1) is 11.3. The fourth-order valence-corrected chi connectivity index (χ4v) is 3.03. The zero-order chi connectivity index (χ0) is 17.6. The van der Waals surface area contributed by atoms with Crippen LogP contribution < -0.4 is 10.0 Å². The Labute approximate surface area is 143 Å². The first-order valence-corrected chi connectivity index (χ1v) is 9.57. The highest BCUT2D eigenvalue weighted by Crippen LogP contribution is 2.32. The number of hydrogen-bond acceptors (Lipinski definition) is 3. The molecule has 0 bridgehead atoms. The molecule has 0 fully saturated rings. The van der Waals surface area contributed by atoms with E-state index >= 15 is 0 Å². The van der Waals surface area contributed by atoms with Crippen LogP contribution >= 0.6 is 0 Å². The standard InChI is InChI=1S/C18H22N2O3S/c1-18(15-9-5-3-6-10-15,16-11-7-4-8-12-16)17(21)19-13-14-20-24(2,22)23/h3-12,20H,13-14H2,1-2H3,(H,19,21). The van der Waals surface area contributed by atoms with Gasteiger partial charge in [-0.1, -0.05) is 60.7 Å². The van der Waals surface area contributed by atoms with Crippen molar-refractivity contribution in [3.63, 3.8) is 0 Å². The molecule has 0 saturated heterocycles. The molecular formula is C18H22N2O3S. The zero-order valence-corrected chi connectivity index (χ0v) is 14.6. The minimum atomic E-state index is -3.26. The summed E-state index contributed by atoms with van der Waals surface area (Å²) >= 11 is 0. The third kappa shape index (κ3) is 4.43. The number of benzene rings is 2. The van der Waals surface area contributed by atoms with Gasteiger partial charge < -0.3 is 5.32 Å². The molecule has 6 heteroatoms. The van der Waals surface area contributed by atoms with Crippen molar-refractivity contribution in [1.82, 2.24) is 10.0 Å². The molecule has 0 heterocycles. The Hall–Kier alpha value is -2.18. The maximum absolute atomic E-state index is 12.9. The maximum Gasteiger partial charge on any atom is 0.234 e. The number of hydrogen-bond donors (Lipinski definition) is 2. The van der Waals surface area contributed by atoms with Gasteiger partial charge in [0.1, 0.15) is 0 Å². The largest absolute Gasteiger partial charge is 0.354 e. The maximum atomic E-state index is 12.9. The van der Waals surface area contributed by atoms with Gasteiger partial charge in [0, 0.05) is 13.1 Å². The third-order valence-corrected chi connectivity index (χ3v) is 4.66. The number of amides is 1. The Morgan fingerprint density at radius 3 is 1.79 bits per heavy atom. The first kappa shape index (κ1) is 18.2. The van der Waals surface area contributed by atoms with E-state index in [2.05, 4.69) is 10.0 Å². The summed E-state index contributed by atoms with van der Waals surface area (Å²) in [6.07, 6.45) is 1.09. The van der Waals surface area contributed by atoms with Gasteiger partial charge in [0.15, 0.2) is 0 Å². The second kappa shape index (κ2) is 7.59. The Morgan fingerprint density at radius 1 is 0.917 bits per heavy atom. The SMILES string of the molecule is CC(C(=O)NCCNS(C)(=O)=O)(c1ccccc1)c1ccccc1. The smallest absolute Gasteiger partial charge is 0.234 e. The van der Waals surface area contributed by atoms with E-state index in [0.29, 0.717) is 0 Å². The van der Waals surface area contributed by atoms with Crippen molar-refractivity contribution >= 4 is 15.9 Å². The van der Waals surface area contributed by atoms with E-state index in [4.69, 9.17) is 0 Å². The molecule has 1 amide bonds. The minimum Gasteiger partial charge on any atom is -0.354 e. The number of carbonyl (C=O) groups is 1. The lowest BCUT2D eigenvalue weighted by Gasteiger charge is -2.29. The molecule has 0 unspecified atom stereocenters. The molecule has 24 heavy (non-hydrogen) atoms. The van der Waals surface area contributed by atoms with Gasteiger partial charge in [-0.2, -0.15) is 0 Å². The number of sulfonamides is 1. The van der Waals surface area contributed by atoms with Crippen LogP contribution in [-0.2, 0) is 20.2 Å². The summed E-state index contributed by atoms with van der Waals surface area (Å²) in [6.45, 7) is 2.25. The molecule has 2 aromatic carbocycles. The molecular weight excluding hydrogens is 324 g/mol. The molecule has 0 spiro atoms. The predicted octanol–water partition coefficient (Wildman–Crippen LogP) is 1.66. The lowest BCUT2D eigenvalue weighted by Crippen LogP contribution is -2.45. The summed E-state index contributed by atoms with van der Waals surface area (Å²) in [5, 5.41) is 2.83. The molecule has 0 aromatic heterocycles. The molecule has 0 saturated carbocycles. The Kier molecular flexibility index (Phi) is 5.75. The predicted molar refractivity (Wildman–Crippen MR) is 95.2 cm³/mol. The van der Waals surface area contributed by atoms with E-state index in [9.17, 15) is 13.2 Å². The van der Waals surface area contributed by atoms with Crippen LogP contribution in [0.1, 0.15) is 18.1 Å². The third-order valence-electron chi connectivity index (χ3n) is 3.93. The highest BCUT2D eigenvalue weighted by Gasteiger charge is 2.36. The van der Waals surface area contributed by atoms with Crippen molar-refractivity contribution in [3.05, 3.63) is 71.8 Å². The first-order valence-electron chi connectivity index (χ1n) is 7.68. The van der Waals surface area contributed by atoms with E-state index < -0.39 is 15.4 Å². The summed E-state index contributed by atoms with van der Waals surface area (Å²) in [7, 11) is -3.26. The monoisotopic (exact) mass is 346 g/mol. The summed E-state index contributed by atoms with van der Waals surface area (Å²) in [6, 6.07) is 19.1. The Balaban J connectivity index is 2.22. The van der Waals surface area contributed by atoms with Crippen LogP contribution in [0.3, 0.4) is 0 Å². The van der Waals surface area contributed by atoms with E-state index in [1.54, 1.807) is 0 Å². The van der Waals surface area contributed by atoms with Crippen LogP contribution in [0.15, 0.2) is 60.7 Å². The van der Waals surface area contributed by atoms with Crippen molar-refractivity contribution in [2.45, 2.75) is 12.3 Å². The van der Waals surface area contributed by atoms with Gasteiger partial charge in [-0.3, -0.25) is 4.79 Å². The van der Waals surface area contributed by atoms with Gasteiger partial charge in [-0.25, -0.2) is 13.1 Å². The van der Waals surface area contributed by atoms with Gasteiger partial charge in [0.25, 0.3) is 0 Å². The summed E-state index contributed by atoms with van der Waals surface area (Å²) in [4.78, 5) is 12.9. The van der Waals surface area contributed by atoms with Crippen LogP contribution in [-0.4, -0.2) is 33.7 Å². The summed E-state index contributed by atoms with van der Waals surface area (Å²) in [5.41, 5.74) is 0.905. The number of carbonyl (C=O) groups excluding carboxylic acids is 1. The molecule has 2 N–H and O–H groups in total. The van der Waals surface area contributed by atoms with Crippen molar-refractivity contribution < 1.29 is 13.2 Å². The molecule has 0 aliphatic carbocycles. The Bertz CT molecular complexity index is 735. The molecule has 0 aliphatic rings. The van der Waals surface area contributed by atoms with Crippen molar-refractivity contribution in [3.8, 4) is 0 Å².